The largest absolute Gasteiger partial charge is 0.670 e. The first kappa shape index (κ1) is 47.1. The van der Waals surface area contributed by atoms with Gasteiger partial charge in [-0.15, -0.1) is 0 Å². The molecule has 5 aromatic carbocycles. The summed E-state index contributed by atoms with van der Waals surface area (Å²) in [7, 11) is 3.49. The molecule has 4 unspecified atom stereocenters. The van der Waals surface area contributed by atoms with Gasteiger partial charge in [-0.25, -0.2) is 0 Å². The number of carbonyl (C=O) groups excluding carboxylic acids is 1. The van der Waals surface area contributed by atoms with Crippen LogP contribution in [0.25, 0.3) is 10.8 Å². The highest BCUT2D eigenvalue weighted by Gasteiger charge is 2.36. The fourth-order valence-electron chi connectivity index (χ4n) is 9.88. The maximum Gasteiger partial charge on any atom is 0.164 e. The highest BCUT2D eigenvalue weighted by molar-refractivity contribution is 5.88. The summed E-state index contributed by atoms with van der Waals surface area (Å²) < 4.78 is 11.7. The van der Waals surface area contributed by atoms with E-state index in [4.69, 9.17) is 9.47 Å². The molecule has 1 aliphatic rings. The quantitative estimate of drug-likeness (QED) is 0.0259. The van der Waals surface area contributed by atoms with Crippen molar-refractivity contribution >= 4 is 16.6 Å². The number of hydrogen-bond donors (Lipinski definition) is 7. The third-order valence-electron chi connectivity index (χ3n) is 13.4. The second-order valence-corrected chi connectivity index (χ2v) is 17.8. The monoisotopic (exact) mass is 882 g/mol. The van der Waals surface area contributed by atoms with Crippen LogP contribution >= 0.6 is 0 Å². The molecule has 0 amide bonds. The molecule has 0 bridgehead atoms. The van der Waals surface area contributed by atoms with Crippen molar-refractivity contribution in [3.8, 4) is 28.7 Å². The van der Waals surface area contributed by atoms with Crippen LogP contribution in [0, 0.1) is 5.92 Å². The van der Waals surface area contributed by atoms with E-state index >= 15 is 4.79 Å². The zero-order valence-corrected chi connectivity index (χ0v) is 38.0. The molecular formula is C54H64N3O8-. The van der Waals surface area contributed by atoms with Crippen LogP contribution in [0.3, 0.4) is 0 Å². The summed E-state index contributed by atoms with van der Waals surface area (Å²) in [4.78, 5) is 19.4. The molecule has 6 aromatic rings. The number of Topliss-reactive ketones (excluding diaryl/α,β-unsaturated/α-hetero) is 1. The molecule has 11 heteroatoms. The lowest BCUT2D eigenvalue weighted by Crippen LogP contribution is -2.37. The van der Waals surface area contributed by atoms with E-state index in [1.807, 2.05) is 37.4 Å². The van der Waals surface area contributed by atoms with E-state index in [2.05, 4.69) is 46.8 Å². The molecule has 0 spiro atoms. The molecule has 1 aromatic heterocycles. The van der Waals surface area contributed by atoms with E-state index in [0.717, 1.165) is 76.3 Å². The van der Waals surface area contributed by atoms with Gasteiger partial charge in [0.1, 0.15) is 18.3 Å². The van der Waals surface area contributed by atoms with Gasteiger partial charge in [0.25, 0.3) is 0 Å². The Morgan fingerprint density at radius 3 is 2.34 bits per heavy atom. The van der Waals surface area contributed by atoms with Crippen molar-refractivity contribution in [3.63, 3.8) is 0 Å². The number of nitrogens with zero attached hydrogens (tertiary/aromatic N) is 1. The Morgan fingerprint density at radius 1 is 0.846 bits per heavy atom. The number of rotatable bonds is 22. The van der Waals surface area contributed by atoms with Gasteiger partial charge in [0.15, 0.2) is 23.0 Å². The van der Waals surface area contributed by atoms with Crippen LogP contribution in [0.2, 0.25) is 0 Å². The summed E-state index contributed by atoms with van der Waals surface area (Å²) in [5, 5.41) is 64.0. The Bertz CT molecular complexity index is 2530. The number of ketones is 1. The number of aryl methyl sites for hydroxylation is 1. The van der Waals surface area contributed by atoms with Gasteiger partial charge in [-0.2, -0.15) is 12.4 Å². The second kappa shape index (κ2) is 21.4. The number of hydrogen-bond acceptors (Lipinski definition) is 10. The molecule has 4 atom stereocenters. The van der Waals surface area contributed by atoms with Crippen molar-refractivity contribution in [2.75, 3.05) is 27.4 Å². The normalized spacial score (nSPS) is 15.4. The van der Waals surface area contributed by atoms with Crippen LogP contribution in [-0.4, -0.2) is 71.0 Å². The molecule has 0 saturated heterocycles. The lowest BCUT2D eigenvalue weighted by Gasteiger charge is -2.31. The molecular weight excluding hydrogens is 819 g/mol. The highest BCUT2D eigenvalue weighted by atomic mass is 16.5. The van der Waals surface area contributed by atoms with E-state index in [0.29, 0.717) is 37.1 Å². The summed E-state index contributed by atoms with van der Waals surface area (Å²) in [6, 6.07) is 28.5. The number of aliphatic hydroxyl groups is 2. The molecule has 344 valence electrons. The van der Waals surface area contributed by atoms with Crippen LogP contribution < -0.4 is 25.1 Å². The number of aromatic nitrogens is 1. The SMILES string of the molecule is CCc1ccc2ccccc2c1Cc1c(CC(Cc2cc[n-]c2)C(O)CC(=O)C(Cc2ccc(O)c(OCNCC(C)O)c2)c2cc(O)cc(C3(NC)CCCC3)c2)ccc(O)c1OC. The van der Waals surface area contributed by atoms with Gasteiger partial charge in [-0.1, -0.05) is 86.0 Å². The summed E-state index contributed by atoms with van der Waals surface area (Å²) in [6.45, 7) is 4.16. The average Bonchev–Trinajstić information content (AvgIpc) is 4.02. The van der Waals surface area contributed by atoms with Crippen molar-refractivity contribution in [2.24, 2.45) is 5.92 Å². The maximum atomic E-state index is 15.0. The van der Waals surface area contributed by atoms with Crippen molar-refractivity contribution in [1.82, 2.24) is 15.6 Å². The van der Waals surface area contributed by atoms with Crippen LogP contribution in [0.15, 0.2) is 103 Å². The standard InChI is InChI=1S/C54H64N3O8/c1-5-37-13-14-38-10-6-7-11-44(38)45(37)29-47-39(15-17-49(61)53(47)64-4)25-41(22-36-18-21-56-32-36)50(62)30-51(63)46(23-35-12-16-48(60)52(24-35)65-33-57-31-34(2)58)40-26-42(28-43(59)27-40)54(55-3)19-8-9-20-54/h6-7,10-18,21,24,26-28,32,34,41,46,50,55,57-62H,5,8-9,19-20,22-23,25,29-31,33H2,1-4H3/q-1. The van der Waals surface area contributed by atoms with Crippen molar-refractivity contribution in [2.45, 2.75) is 102 Å². The van der Waals surface area contributed by atoms with Gasteiger partial charge in [0, 0.05) is 36.4 Å². The molecule has 65 heavy (non-hydrogen) atoms. The Labute approximate surface area is 382 Å². The predicted octanol–water partition coefficient (Wildman–Crippen LogP) is 8.12. The van der Waals surface area contributed by atoms with Gasteiger partial charge in [0.05, 0.1) is 19.3 Å². The summed E-state index contributed by atoms with van der Waals surface area (Å²) in [5.41, 5.74) is 6.92. The summed E-state index contributed by atoms with van der Waals surface area (Å²) in [6.07, 6.45) is 7.88. The van der Waals surface area contributed by atoms with Crippen LogP contribution in [0.1, 0.15) is 96.4 Å². The first-order valence-electron chi connectivity index (χ1n) is 22.9. The molecule has 7 N–H and O–H groups in total. The van der Waals surface area contributed by atoms with Crippen LogP contribution in [0.5, 0.6) is 28.7 Å². The number of ether oxygens (including phenoxy) is 2. The van der Waals surface area contributed by atoms with Crippen molar-refractivity contribution in [1.29, 1.82) is 0 Å². The van der Waals surface area contributed by atoms with Gasteiger partial charge in [-0.05, 0) is 133 Å². The molecule has 1 aliphatic carbocycles. The minimum atomic E-state index is -1.09. The number of methoxy groups -OCH3 is 1. The number of benzene rings is 5. The highest BCUT2D eigenvalue weighted by Crippen LogP contribution is 2.42. The number of nitrogens with one attached hydrogen (secondary N) is 2. The smallest absolute Gasteiger partial charge is 0.164 e. The molecule has 0 radical (unpaired) electrons. The average molecular weight is 883 g/mol. The number of phenols is 3. The molecule has 0 aliphatic heterocycles. The van der Waals surface area contributed by atoms with E-state index in [9.17, 15) is 25.5 Å². The third-order valence-corrected chi connectivity index (χ3v) is 13.4. The Kier molecular flexibility index (Phi) is 15.5. The Hall–Kier alpha value is -5.85. The topological polar surface area (TPSA) is 175 Å². The zero-order chi connectivity index (χ0) is 46.1. The number of fused-ring (bicyclic) bond motifs is 1. The Morgan fingerprint density at radius 2 is 1.62 bits per heavy atom. The van der Waals surface area contributed by atoms with Crippen molar-refractivity contribution in [3.05, 3.63) is 148 Å². The van der Waals surface area contributed by atoms with Gasteiger partial charge in [0.2, 0.25) is 0 Å². The maximum absolute atomic E-state index is 15.0. The van der Waals surface area contributed by atoms with Gasteiger partial charge in [-0.3, -0.25) is 10.1 Å². The second-order valence-electron chi connectivity index (χ2n) is 17.8. The minimum absolute atomic E-state index is 0.0295. The zero-order valence-electron chi connectivity index (χ0n) is 38.0. The predicted molar refractivity (Wildman–Crippen MR) is 254 cm³/mol. The lowest BCUT2D eigenvalue weighted by molar-refractivity contribution is -0.123. The van der Waals surface area contributed by atoms with Gasteiger partial charge >= 0.3 is 0 Å². The number of carbonyl (C=O) groups is 1. The van der Waals surface area contributed by atoms with E-state index in [-0.39, 0.29) is 53.9 Å². The first-order chi connectivity index (χ1) is 31.4. The summed E-state index contributed by atoms with van der Waals surface area (Å²) in [5.74, 6) is -0.791. The molecule has 1 fully saturated rings. The number of aliphatic hydroxyl groups excluding tert-OH is 2. The van der Waals surface area contributed by atoms with Crippen molar-refractivity contribution < 1.29 is 39.8 Å². The first-order valence-corrected chi connectivity index (χ1v) is 22.9. The number of aromatic hydroxyl groups is 3. The molecule has 1 saturated carbocycles. The fraction of sp³-hybridized carbons (Fsp3) is 0.389. The summed E-state index contributed by atoms with van der Waals surface area (Å²) >= 11 is 0. The van der Waals surface area contributed by atoms with E-state index < -0.39 is 24.0 Å². The third kappa shape index (κ3) is 11.2. The molecule has 7 rings (SSSR count). The van der Waals surface area contributed by atoms with Crippen LogP contribution in [0.4, 0.5) is 0 Å². The van der Waals surface area contributed by atoms with E-state index in [1.165, 1.54) is 11.6 Å². The van der Waals surface area contributed by atoms with Gasteiger partial charge < -0.3 is 45.3 Å². The molecule has 1 heterocycles. The molecule has 11 nitrogen and oxygen atoms in total. The fourth-order valence-corrected chi connectivity index (χ4v) is 9.88. The number of phenolic OH excluding ortho intramolecular Hbond substituents is 3. The lowest BCUT2D eigenvalue weighted by atomic mass is 9.79. The van der Waals surface area contributed by atoms with E-state index in [1.54, 1.807) is 56.8 Å². The Balaban J connectivity index is 1.24. The minimum Gasteiger partial charge on any atom is -0.670 e. The van der Waals surface area contributed by atoms with Crippen LogP contribution in [-0.2, 0) is 42.4 Å².